The van der Waals surface area contributed by atoms with E-state index in [9.17, 15) is 13.8 Å². The van der Waals surface area contributed by atoms with Crippen LogP contribution in [0.5, 0.6) is 17.2 Å². The standard InChI is InChI=1S/C24H27N5O6S/c1-27-14-22(25-15-27)36(33)26-18-12-19-20(29(3)24(32)28(19)2)13-21(18)35-17-8-6-7-16(11-17)34-10-5-4-9-23(30)31/h6-8,11-15,26H,4-5,9-10H2,1-3H3,(H,30,31). The number of imidazole rings is 2. The minimum atomic E-state index is -1.67. The molecule has 2 aromatic heterocycles. The molecule has 0 saturated carbocycles. The molecule has 0 bridgehead atoms. The molecule has 1 atom stereocenters. The number of ether oxygens (including phenoxy) is 2. The number of aryl methyl sites for hydroxylation is 3. The molecular formula is C24H27N5O6S. The van der Waals surface area contributed by atoms with Crippen molar-refractivity contribution in [2.45, 2.75) is 24.3 Å². The van der Waals surface area contributed by atoms with Gasteiger partial charge in [0.15, 0.2) is 21.8 Å². The second-order valence-electron chi connectivity index (χ2n) is 8.26. The Morgan fingerprint density at radius 3 is 2.50 bits per heavy atom. The second kappa shape index (κ2) is 10.7. The van der Waals surface area contributed by atoms with Crippen LogP contribution in [0.25, 0.3) is 11.0 Å². The number of fused-ring (bicyclic) bond motifs is 1. The number of unbranched alkanes of at least 4 members (excludes halogenated alkanes) is 1. The molecule has 0 aliphatic heterocycles. The van der Waals surface area contributed by atoms with Crippen molar-refractivity contribution in [3.63, 3.8) is 0 Å². The van der Waals surface area contributed by atoms with E-state index in [1.54, 1.807) is 74.6 Å². The first-order chi connectivity index (χ1) is 17.2. The molecule has 2 aromatic carbocycles. The summed E-state index contributed by atoms with van der Waals surface area (Å²) < 4.78 is 32.5. The van der Waals surface area contributed by atoms with Gasteiger partial charge in [-0.3, -0.25) is 18.7 Å². The molecule has 0 spiro atoms. The number of carbonyl (C=O) groups is 1. The highest BCUT2D eigenvalue weighted by molar-refractivity contribution is 7.86. The maximum Gasteiger partial charge on any atom is 0.328 e. The number of aromatic nitrogens is 4. The van der Waals surface area contributed by atoms with E-state index in [0.29, 0.717) is 58.4 Å². The summed E-state index contributed by atoms with van der Waals surface area (Å²) in [5.74, 6) is 0.589. The van der Waals surface area contributed by atoms with E-state index in [1.807, 2.05) is 0 Å². The van der Waals surface area contributed by atoms with E-state index in [2.05, 4.69) is 9.71 Å². The lowest BCUT2D eigenvalue weighted by atomic mass is 10.2. The molecule has 12 heteroatoms. The first-order valence-corrected chi connectivity index (χ1v) is 12.4. The summed E-state index contributed by atoms with van der Waals surface area (Å²) in [6.07, 6.45) is 4.46. The minimum absolute atomic E-state index is 0.104. The zero-order valence-electron chi connectivity index (χ0n) is 20.1. The Kier molecular flexibility index (Phi) is 7.44. The van der Waals surface area contributed by atoms with Gasteiger partial charge in [-0.1, -0.05) is 6.07 Å². The van der Waals surface area contributed by atoms with Crippen LogP contribution < -0.4 is 19.9 Å². The largest absolute Gasteiger partial charge is 0.493 e. The summed E-state index contributed by atoms with van der Waals surface area (Å²) in [7, 11) is 3.46. The third-order valence-electron chi connectivity index (χ3n) is 5.53. The van der Waals surface area contributed by atoms with Gasteiger partial charge in [-0.25, -0.2) is 14.0 Å². The molecule has 190 valence electrons. The molecule has 0 fully saturated rings. The normalized spacial score (nSPS) is 12.0. The number of carboxylic acids is 1. The van der Waals surface area contributed by atoms with Gasteiger partial charge >= 0.3 is 11.7 Å². The molecule has 0 aliphatic rings. The Balaban J connectivity index is 1.60. The van der Waals surface area contributed by atoms with Crippen molar-refractivity contribution in [3.8, 4) is 17.2 Å². The summed E-state index contributed by atoms with van der Waals surface area (Å²) >= 11 is 0. The van der Waals surface area contributed by atoms with Crippen molar-refractivity contribution in [2.75, 3.05) is 11.3 Å². The van der Waals surface area contributed by atoms with Gasteiger partial charge in [0.2, 0.25) is 0 Å². The quantitative estimate of drug-likeness (QED) is 0.295. The predicted octanol–water partition coefficient (Wildman–Crippen LogP) is 3.17. The molecule has 11 nitrogen and oxygen atoms in total. The average Bonchev–Trinajstić information content (AvgIpc) is 3.37. The molecule has 0 aliphatic carbocycles. The van der Waals surface area contributed by atoms with Crippen LogP contribution in [0.4, 0.5) is 5.69 Å². The Morgan fingerprint density at radius 1 is 1.08 bits per heavy atom. The monoisotopic (exact) mass is 513 g/mol. The number of anilines is 1. The van der Waals surface area contributed by atoms with E-state index in [4.69, 9.17) is 14.6 Å². The van der Waals surface area contributed by atoms with Gasteiger partial charge in [0.25, 0.3) is 0 Å². The SMILES string of the molecule is Cn1cnc(S(=O)Nc2cc3c(cc2Oc2cccc(OCCCCC(=O)O)c2)n(C)c(=O)n3C)c1. The summed E-state index contributed by atoms with van der Waals surface area (Å²) in [5.41, 5.74) is 1.52. The Hall–Kier alpha value is -4.06. The number of rotatable bonds is 11. The molecule has 4 aromatic rings. The van der Waals surface area contributed by atoms with Gasteiger partial charge in [-0.2, -0.15) is 0 Å². The van der Waals surface area contributed by atoms with Crippen LogP contribution in [-0.2, 0) is 36.9 Å². The molecule has 0 saturated heterocycles. The first-order valence-electron chi connectivity index (χ1n) is 11.2. The van der Waals surface area contributed by atoms with Crippen molar-refractivity contribution >= 4 is 33.7 Å². The molecule has 1 unspecified atom stereocenters. The van der Waals surface area contributed by atoms with Gasteiger partial charge in [0.1, 0.15) is 11.5 Å². The van der Waals surface area contributed by atoms with Crippen LogP contribution in [0.15, 0.2) is 58.7 Å². The smallest absolute Gasteiger partial charge is 0.328 e. The molecule has 2 heterocycles. The minimum Gasteiger partial charge on any atom is -0.493 e. The highest BCUT2D eigenvalue weighted by Crippen LogP contribution is 2.35. The van der Waals surface area contributed by atoms with Crippen LogP contribution >= 0.6 is 0 Å². The van der Waals surface area contributed by atoms with E-state index in [1.165, 1.54) is 9.13 Å². The fourth-order valence-electron chi connectivity index (χ4n) is 3.65. The van der Waals surface area contributed by atoms with Crippen molar-refractivity contribution in [1.82, 2.24) is 18.7 Å². The van der Waals surface area contributed by atoms with Gasteiger partial charge in [0, 0.05) is 45.9 Å². The summed E-state index contributed by atoms with van der Waals surface area (Å²) in [5, 5.41) is 9.09. The third-order valence-corrected chi connectivity index (χ3v) is 6.53. The average molecular weight is 514 g/mol. The number of carboxylic acid groups (broad SMARTS) is 1. The van der Waals surface area contributed by atoms with Crippen LogP contribution in [-0.4, -0.2) is 40.6 Å². The first kappa shape index (κ1) is 25.0. The fraction of sp³-hybridized carbons (Fsp3) is 0.292. The van der Waals surface area contributed by atoms with Crippen molar-refractivity contribution in [2.24, 2.45) is 21.1 Å². The highest BCUT2D eigenvalue weighted by Gasteiger charge is 2.17. The zero-order valence-corrected chi connectivity index (χ0v) is 20.9. The van der Waals surface area contributed by atoms with Gasteiger partial charge in [-0.15, -0.1) is 0 Å². The lowest BCUT2D eigenvalue weighted by Crippen LogP contribution is -2.19. The topological polar surface area (TPSA) is 130 Å². The number of nitrogens with zero attached hydrogens (tertiary/aromatic N) is 4. The highest BCUT2D eigenvalue weighted by atomic mass is 32.2. The maximum atomic E-state index is 12.9. The van der Waals surface area contributed by atoms with Crippen molar-refractivity contribution < 1.29 is 23.6 Å². The summed E-state index contributed by atoms with van der Waals surface area (Å²) in [6, 6.07) is 10.5. The molecule has 0 amide bonds. The van der Waals surface area contributed by atoms with Crippen LogP contribution in [0.1, 0.15) is 19.3 Å². The zero-order chi connectivity index (χ0) is 25.8. The van der Waals surface area contributed by atoms with Gasteiger partial charge < -0.3 is 19.1 Å². The van der Waals surface area contributed by atoms with Gasteiger partial charge in [0.05, 0.1) is 29.7 Å². The Bertz CT molecular complexity index is 1490. The molecule has 2 N–H and O–H groups in total. The number of hydrogen-bond donors (Lipinski definition) is 2. The second-order valence-corrected chi connectivity index (χ2v) is 9.42. The third kappa shape index (κ3) is 5.60. The van der Waals surface area contributed by atoms with E-state index < -0.39 is 17.0 Å². The summed E-state index contributed by atoms with van der Waals surface area (Å²) in [4.78, 5) is 27.3. The Labute approximate surface area is 209 Å². The number of nitrogens with one attached hydrogen (secondary N) is 1. The Morgan fingerprint density at radius 2 is 1.81 bits per heavy atom. The molecule has 4 rings (SSSR count). The number of hydrogen-bond acceptors (Lipinski definition) is 6. The van der Waals surface area contributed by atoms with E-state index >= 15 is 0 Å². The van der Waals surface area contributed by atoms with Crippen LogP contribution in [0.3, 0.4) is 0 Å². The molecular weight excluding hydrogens is 486 g/mol. The number of aliphatic carboxylic acids is 1. The van der Waals surface area contributed by atoms with E-state index in [0.717, 1.165) is 0 Å². The fourth-order valence-corrected chi connectivity index (χ4v) is 4.52. The number of benzene rings is 2. The van der Waals surface area contributed by atoms with E-state index in [-0.39, 0.29) is 12.1 Å². The van der Waals surface area contributed by atoms with Crippen LogP contribution in [0, 0.1) is 0 Å². The lowest BCUT2D eigenvalue weighted by molar-refractivity contribution is -0.137. The molecule has 0 radical (unpaired) electrons. The maximum absolute atomic E-state index is 12.9. The van der Waals surface area contributed by atoms with Crippen molar-refractivity contribution in [1.29, 1.82) is 0 Å². The van der Waals surface area contributed by atoms with Crippen LogP contribution in [0.2, 0.25) is 0 Å². The van der Waals surface area contributed by atoms with Gasteiger partial charge in [-0.05, 0) is 31.0 Å². The molecule has 36 heavy (non-hydrogen) atoms. The summed E-state index contributed by atoms with van der Waals surface area (Å²) in [6.45, 7) is 0.380. The predicted molar refractivity (Wildman–Crippen MR) is 135 cm³/mol. The van der Waals surface area contributed by atoms with Crippen molar-refractivity contribution in [3.05, 3.63) is 59.4 Å². The lowest BCUT2D eigenvalue weighted by Gasteiger charge is -2.14.